The molecule has 0 aliphatic carbocycles. The Labute approximate surface area is 179 Å². The molecule has 1 amide bonds. The topological polar surface area (TPSA) is 54.5 Å². The highest BCUT2D eigenvalue weighted by Gasteiger charge is 2.26. The summed E-state index contributed by atoms with van der Waals surface area (Å²) in [5.41, 5.74) is 2.67. The fourth-order valence-electron chi connectivity index (χ4n) is 3.26. The maximum Gasteiger partial charge on any atom is 0.254 e. The van der Waals surface area contributed by atoms with Gasteiger partial charge >= 0.3 is 0 Å². The summed E-state index contributed by atoms with van der Waals surface area (Å²) in [5.74, 6) is 0.844. The molecule has 1 aliphatic rings. The first kappa shape index (κ1) is 24.2. The van der Waals surface area contributed by atoms with Gasteiger partial charge in [-0.1, -0.05) is 19.1 Å². The van der Waals surface area contributed by atoms with Crippen molar-refractivity contribution < 1.29 is 9.53 Å². The number of nitrogens with one attached hydrogen (secondary N) is 1. The third-order valence-electron chi connectivity index (χ3n) is 4.66. The highest BCUT2D eigenvalue weighted by atomic mass is 35.5. The minimum atomic E-state index is 0. The van der Waals surface area contributed by atoms with Crippen molar-refractivity contribution in [3.8, 4) is 5.75 Å². The first-order valence-electron chi connectivity index (χ1n) is 9.33. The molecule has 0 bridgehead atoms. The van der Waals surface area contributed by atoms with E-state index in [1.807, 2.05) is 48.2 Å². The van der Waals surface area contributed by atoms with Crippen LogP contribution in [0.3, 0.4) is 0 Å². The van der Waals surface area contributed by atoms with Crippen molar-refractivity contribution in [1.82, 2.24) is 15.2 Å². The second kappa shape index (κ2) is 11.9. The smallest absolute Gasteiger partial charge is 0.254 e. The zero-order valence-corrected chi connectivity index (χ0v) is 18.0. The number of pyridine rings is 1. The van der Waals surface area contributed by atoms with E-state index in [0.717, 1.165) is 55.0 Å². The summed E-state index contributed by atoms with van der Waals surface area (Å²) in [6.45, 7) is 7.14. The molecule has 2 heterocycles. The van der Waals surface area contributed by atoms with Crippen LogP contribution in [0.1, 0.15) is 41.4 Å². The standard InChI is InChI=1S/C21H27N3O2.2ClH/c1-3-11-24(19-9-10-22-13-19)21(25)18-6-4-5-17(12-18)15-26-20-8-7-16(2)23-14-20;;/h4-8,12,14,19,22H,3,9-11,13,15H2,1-2H3;2*1H. The van der Waals surface area contributed by atoms with Crippen LogP contribution in [0.4, 0.5) is 0 Å². The summed E-state index contributed by atoms with van der Waals surface area (Å²) in [6, 6.07) is 11.9. The number of hydrogen-bond donors (Lipinski definition) is 1. The number of aromatic nitrogens is 1. The van der Waals surface area contributed by atoms with Crippen LogP contribution in [-0.2, 0) is 6.61 Å². The molecular formula is C21H29Cl2N3O2. The summed E-state index contributed by atoms with van der Waals surface area (Å²) >= 11 is 0. The molecule has 1 aromatic carbocycles. The number of ether oxygens (including phenoxy) is 1. The molecule has 7 heteroatoms. The highest BCUT2D eigenvalue weighted by molar-refractivity contribution is 5.94. The molecule has 1 saturated heterocycles. The summed E-state index contributed by atoms with van der Waals surface area (Å²) in [5, 5.41) is 3.35. The predicted octanol–water partition coefficient (Wildman–Crippen LogP) is 4.03. The fourth-order valence-corrected chi connectivity index (χ4v) is 3.26. The molecule has 28 heavy (non-hydrogen) atoms. The number of rotatable bonds is 7. The fraction of sp³-hybridized carbons (Fsp3) is 0.429. The summed E-state index contributed by atoms with van der Waals surface area (Å²) in [4.78, 5) is 19.3. The van der Waals surface area contributed by atoms with Gasteiger partial charge < -0.3 is 15.0 Å². The van der Waals surface area contributed by atoms with Crippen molar-refractivity contribution in [3.63, 3.8) is 0 Å². The van der Waals surface area contributed by atoms with E-state index in [2.05, 4.69) is 17.2 Å². The predicted molar refractivity (Wildman–Crippen MR) is 117 cm³/mol. The van der Waals surface area contributed by atoms with Gasteiger partial charge in [-0.3, -0.25) is 9.78 Å². The molecule has 1 N–H and O–H groups in total. The van der Waals surface area contributed by atoms with Gasteiger partial charge in [0.15, 0.2) is 0 Å². The Balaban J connectivity index is 0.00000196. The largest absolute Gasteiger partial charge is 0.487 e. The third-order valence-corrected chi connectivity index (χ3v) is 4.66. The first-order valence-corrected chi connectivity index (χ1v) is 9.33. The van der Waals surface area contributed by atoms with Gasteiger partial charge in [-0.05, 0) is 56.1 Å². The normalized spacial score (nSPS) is 15.3. The van der Waals surface area contributed by atoms with Gasteiger partial charge in [-0.2, -0.15) is 0 Å². The molecule has 0 spiro atoms. The first-order chi connectivity index (χ1) is 12.7. The monoisotopic (exact) mass is 425 g/mol. The Bertz CT molecular complexity index is 735. The van der Waals surface area contributed by atoms with Crippen LogP contribution in [0.25, 0.3) is 0 Å². The zero-order chi connectivity index (χ0) is 18.4. The number of hydrogen-bond acceptors (Lipinski definition) is 4. The van der Waals surface area contributed by atoms with Gasteiger partial charge in [0.05, 0.1) is 6.20 Å². The molecule has 1 aromatic heterocycles. The molecule has 1 unspecified atom stereocenters. The van der Waals surface area contributed by atoms with Gasteiger partial charge in [0.1, 0.15) is 12.4 Å². The molecule has 0 saturated carbocycles. The SMILES string of the molecule is CCCN(C(=O)c1cccc(COc2ccc(C)nc2)c1)C1CCNC1.Cl.Cl. The lowest BCUT2D eigenvalue weighted by Crippen LogP contribution is -2.42. The molecule has 1 fully saturated rings. The van der Waals surface area contributed by atoms with Crippen molar-refractivity contribution in [2.45, 2.75) is 39.3 Å². The van der Waals surface area contributed by atoms with Crippen molar-refractivity contribution in [2.75, 3.05) is 19.6 Å². The lowest BCUT2D eigenvalue weighted by molar-refractivity contribution is 0.0692. The lowest BCUT2D eigenvalue weighted by Gasteiger charge is -2.28. The minimum absolute atomic E-state index is 0. The number of carbonyl (C=O) groups excluding carboxylic acids is 1. The van der Waals surface area contributed by atoms with E-state index in [9.17, 15) is 4.79 Å². The Morgan fingerprint density at radius 3 is 2.75 bits per heavy atom. The number of nitrogens with zero attached hydrogens (tertiary/aromatic N) is 2. The van der Waals surface area contributed by atoms with E-state index in [1.54, 1.807) is 6.20 Å². The van der Waals surface area contributed by atoms with Crippen molar-refractivity contribution >= 4 is 30.7 Å². The van der Waals surface area contributed by atoms with E-state index in [-0.39, 0.29) is 30.7 Å². The van der Waals surface area contributed by atoms with E-state index in [0.29, 0.717) is 12.6 Å². The second-order valence-electron chi connectivity index (χ2n) is 6.77. The minimum Gasteiger partial charge on any atom is -0.487 e. The molecule has 1 atom stereocenters. The van der Waals surface area contributed by atoms with Gasteiger partial charge in [-0.25, -0.2) is 0 Å². The van der Waals surface area contributed by atoms with Gasteiger partial charge in [0, 0.05) is 30.4 Å². The van der Waals surface area contributed by atoms with Gasteiger partial charge in [0.25, 0.3) is 5.91 Å². The zero-order valence-electron chi connectivity index (χ0n) is 16.4. The van der Waals surface area contributed by atoms with Crippen LogP contribution in [-0.4, -0.2) is 41.5 Å². The van der Waals surface area contributed by atoms with Crippen LogP contribution >= 0.6 is 24.8 Å². The summed E-state index contributed by atoms with van der Waals surface area (Å²) in [7, 11) is 0. The molecule has 5 nitrogen and oxygen atoms in total. The number of amides is 1. The van der Waals surface area contributed by atoms with Gasteiger partial charge in [0.2, 0.25) is 0 Å². The molecular weight excluding hydrogens is 397 g/mol. The number of carbonyl (C=O) groups is 1. The van der Waals surface area contributed by atoms with Crippen LogP contribution in [0.2, 0.25) is 0 Å². The summed E-state index contributed by atoms with van der Waals surface area (Å²) in [6.07, 6.45) is 3.71. The number of benzene rings is 1. The second-order valence-corrected chi connectivity index (χ2v) is 6.77. The number of halogens is 2. The van der Waals surface area contributed by atoms with E-state index < -0.39 is 0 Å². The summed E-state index contributed by atoms with van der Waals surface area (Å²) < 4.78 is 5.79. The maximum absolute atomic E-state index is 13.0. The van der Waals surface area contributed by atoms with Crippen LogP contribution in [0.5, 0.6) is 5.75 Å². The molecule has 1 aliphatic heterocycles. The molecule has 154 valence electrons. The molecule has 0 radical (unpaired) electrons. The Morgan fingerprint density at radius 1 is 1.29 bits per heavy atom. The molecule has 2 aromatic rings. The Hall–Kier alpha value is -1.82. The van der Waals surface area contributed by atoms with Crippen LogP contribution in [0.15, 0.2) is 42.6 Å². The molecule has 3 rings (SSSR count). The van der Waals surface area contributed by atoms with E-state index in [4.69, 9.17) is 4.74 Å². The maximum atomic E-state index is 13.0. The van der Waals surface area contributed by atoms with Crippen molar-refractivity contribution in [3.05, 3.63) is 59.4 Å². The lowest BCUT2D eigenvalue weighted by atomic mass is 10.1. The number of aryl methyl sites for hydroxylation is 1. The Kier molecular flexibility index (Phi) is 10.3. The average Bonchev–Trinajstić information content (AvgIpc) is 3.20. The van der Waals surface area contributed by atoms with E-state index in [1.165, 1.54) is 0 Å². The van der Waals surface area contributed by atoms with Crippen LogP contribution in [0, 0.1) is 6.92 Å². The van der Waals surface area contributed by atoms with Crippen molar-refractivity contribution in [1.29, 1.82) is 0 Å². The van der Waals surface area contributed by atoms with E-state index >= 15 is 0 Å². The van der Waals surface area contributed by atoms with Gasteiger partial charge in [-0.15, -0.1) is 24.8 Å². The van der Waals surface area contributed by atoms with Crippen molar-refractivity contribution in [2.24, 2.45) is 0 Å². The highest BCUT2D eigenvalue weighted by Crippen LogP contribution is 2.17. The Morgan fingerprint density at radius 2 is 2.11 bits per heavy atom. The van der Waals surface area contributed by atoms with Crippen LogP contribution < -0.4 is 10.1 Å². The quantitative estimate of drug-likeness (QED) is 0.727. The average molecular weight is 426 g/mol. The third kappa shape index (κ3) is 6.36.